The predicted octanol–water partition coefficient (Wildman–Crippen LogP) is 0.619. The molecule has 2 rings (SSSR count). The summed E-state index contributed by atoms with van der Waals surface area (Å²) in [5, 5.41) is 0. The third-order valence-electron chi connectivity index (χ3n) is 2.44. The number of hydrogen-bond donors (Lipinski definition) is 1. The van der Waals surface area contributed by atoms with E-state index in [0.717, 1.165) is 19.3 Å². The van der Waals surface area contributed by atoms with Gasteiger partial charge in [0.25, 0.3) is 0 Å². The number of anilines is 1. The molecule has 1 saturated heterocycles. The fraction of sp³-hybridized carbons (Fsp3) is 0.556. The first-order chi connectivity index (χ1) is 7.68. The summed E-state index contributed by atoms with van der Waals surface area (Å²) in [5.74, 6) is 0.119. The maximum absolute atomic E-state index is 11.9. The molecular weight excluding hydrogens is 228 g/mol. The van der Waals surface area contributed by atoms with Crippen LogP contribution in [0.5, 0.6) is 0 Å². The lowest BCUT2D eigenvalue weighted by molar-refractivity contribution is 0.349. The first-order valence-electron chi connectivity index (χ1n) is 5.23. The maximum Gasteiger partial charge on any atom is 0.303 e. The van der Waals surface area contributed by atoms with E-state index in [-0.39, 0.29) is 5.95 Å². The van der Waals surface area contributed by atoms with Gasteiger partial charge in [0.2, 0.25) is 5.95 Å². The van der Waals surface area contributed by atoms with Crippen LogP contribution >= 0.6 is 0 Å². The molecule has 0 spiro atoms. The van der Waals surface area contributed by atoms with Crippen LogP contribution in [0.2, 0.25) is 0 Å². The molecule has 0 bridgehead atoms. The number of piperidine rings is 1. The molecule has 0 radical (unpaired) electrons. The standard InChI is InChI=1S/C9H14N4O2S/c14-16(15,13-7-2-1-3-8-13)12-9-10-5-4-6-11-9/h4-6H,1-3,7-8H2,(H,10,11,12). The van der Waals surface area contributed by atoms with Gasteiger partial charge in [-0.2, -0.15) is 12.7 Å². The molecule has 0 aliphatic carbocycles. The van der Waals surface area contributed by atoms with Crippen molar-refractivity contribution in [3.63, 3.8) is 0 Å². The number of nitrogens with one attached hydrogen (secondary N) is 1. The number of rotatable bonds is 3. The highest BCUT2D eigenvalue weighted by molar-refractivity contribution is 7.90. The first kappa shape index (κ1) is 11.3. The molecule has 0 saturated carbocycles. The summed E-state index contributed by atoms with van der Waals surface area (Å²) in [4.78, 5) is 7.66. The molecule has 0 aromatic carbocycles. The molecule has 0 unspecified atom stereocenters. The van der Waals surface area contributed by atoms with Crippen LogP contribution in [-0.2, 0) is 10.2 Å². The lowest BCUT2D eigenvalue weighted by atomic mass is 10.2. The van der Waals surface area contributed by atoms with Crippen molar-refractivity contribution in [2.45, 2.75) is 19.3 Å². The zero-order valence-electron chi connectivity index (χ0n) is 8.83. The fourth-order valence-corrected chi connectivity index (χ4v) is 2.84. The zero-order chi connectivity index (χ0) is 11.4. The third kappa shape index (κ3) is 2.67. The van der Waals surface area contributed by atoms with Crippen LogP contribution in [0.4, 0.5) is 5.95 Å². The van der Waals surface area contributed by atoms with Gasteiger partial charge in [0.1, 0.15) is 0 Å². The Bertz CT molecular complexity index is 428. The van der Waals surface area contributed by atoms with E-state index in [1.54, 1.807) is 6.07 Å². The van der Waals surface area contributed by atoms with E-state index in [1.165, 1.54) is 16.7 Å². The van der Waals surface area contributed by atoms with Gasteiger partial charge in [-0.15, -0.1) is 0 Å². The second-order valence-electron chi connectivity index (χ2n) is 3.64. The molecule has 1 aromatic rings. The van der Waals surface area contributed by atoms with E-state index < -0.39 is 10.2 Å². The monoisotopic (exact) mass is 242 g/mol. The minimum atomic E-state index is -3.48. The molecule has 88 valence electrons. The van der Waals surface area contributed by atoms with Crippen LogP contribution in [-0.4, -0.2) is 35.8 Å². The second-order valence-corrected chi connectivity index (χ2v) is 5.31. The number of hydrogen-bond acceptors (Lipinski definition) is 4. The predicted molar refractivity (Wildman–Crippen MR) is 60.0 cm³/mol. The van der Waals surface area contributed by atoms with Crippen molar-refractivity contribution in [3.05, 3.63) is 18.5 Å². The van der Waals surface area contributed by atoms with Gasteiger partial charge in [0, 0.05) is 25.5 Å². The Morgan fingerprint density at radius 1 is 1.12 bits per heavy atom. The maximum atomic E-state index is 11.9. The van der Waals surface area contributed by atoms with Crippen LogP contribution in [0.15, 0.2) is 18.5 Å². The molecule has 1 aliphatic heterocycles. The normalized spacial score (nSPS) is 18.2. The summed E-state index contributed by atoms with van der Waals surface area (Å²) >= 11 is 0. The highest BCUT2D eigenvalue weighted by Gasteiger charge is 2.24. The molecule has 1 fully saturated rings. The quantitative estimate of drug-likeness (QED) is 0.843. The molecule has 0 amide bonds. The van der Waals surface area contributed by atoms with E-state index in [4.69, 9.17) is 0 Å². The van der Waals surface area contributed by atoms with E-state index in [0.29, 0.717) is 13.1 Å². The Balaban J connectivity index is 2.08. The van der Waals surface area contributed by atoms with Crippen molar-refractivity contribution in [2.24, 2.45) is 0 Å². The van der Waals surface area contributed by atoms with Crippen molar-refractivity contribution in [3.8, 4) is 0 Å². The Morgan fingerprint density at radius 3 is 2.38 bits per heavy atom. The van der Waals surface area contributed by atoms with Gasteiger partial charge in [-0.05, 0) is 18.9 Å². The van der Waals surface area contributed by atoms with Gasteiger partial charge in [0.15, 0.2) is 0 Å². The summed E-state index contributed by atoms with van der Waals surface area (Å²) in [6, 6.07) is 1.64. The second kappa shape index (κ2) is 4.75. The molecule has 6 nitrogen and oxygen atoms in total. The van der Waals surface area contributed by atoms with Gasteiger partial charge in [0.05, 0.1) is 0 Å². The average Bonchev–Trinajstić information content (AvgIpc) is 2.31. The molecular formula is C9H14N4O2S. The topological polar surface area (TPSA) is 75.2 Å². The van der Waals surface area contributed by atoms with Crippen molar-refractivity contribution < 1.29 is 8.42 Å². The molecule has 1 aromatic heterocycles. The highest BCUT2D eigenvalue weighted by Crippen LogP contribution is 2.13. The number of nitrogens with zero attached hydrogens (tertiary/aromatic N) is 3. The Labute approximate surface area is 94.9 Å². The van der Waals surface area contributed by atoms with Crippen LogP contribution in [0, 0.1) is 0 Å². The van der Waals surface area contributed by atoms with Crippen molar-refractivity contribution >= 4 is 16.2 Å². The molecule has 16 heavy (non-hydrogen) atoms. The van der Waals surface area contributed by atoms with Crippen molar-refractivity contribution in [1.29, 1.82) is 0 Å². The molecule has 1 N–H and O–H groups in total. The van der Waals surface area contributed by atoms with Crippen molar-refractivity contribution in [1.82, 2.24) is 14.3 Å². The molecule has 7 heteroatoms. The minimum absolute atomic E-state index is 0.119. The highest BCUT2D eigenvalue weighted by atomic mass is 32.2. The average molecular weight is 242 g/mol. The summed E-state index contributed by atoms with van der Waals surface area (Å²) in [6.07, 6.45) is 5.92. The Hall–Kier alpha value is -1.21. The summed E-state index contributed by atoms with van der Waals surface area (Å²) in [5.41, 5.74) is 0. The summed E-state index contributed by atoms with van der Waals surface area (Å²) < 4.78 is 27.6. The molecule has 0 atom stereocenters. The van der Waals surface area contributed by atoms with Crippen LogP contribution in [0.3, 0.4) is 0 Å². The van der Waals surface area contributed by atoms with E-state index in [2.05, 4.69) is 14.7 Å². The van der Waals surface area contributed by atoms with Gasteiger partial charge >= 0.3 is 10.2 Å². The lowest BCUT2D eigenvalue weighted by Gasteiger charge is -2.25. The molecule has 1 aliphatic rings. The smallest absolute Gasteiger partial charge is 0.238 e. The summed E-state index contributed by atoms with van der Waals surface area (Å²) in [6.45, 7) is 1.14. The van der Waals surface area contributed by atoms with Crippen LogP contribution in [0.25, 0.3) is 0 Å². The zero-order valence-corrected chi connectivity index (χ0v) is 9.65. The van der Waals surface area contributed by atoms with Crippen molar-refractivity contribution in [2.75, 3.05) is 17.8 Å². The SMILES string of the molecule is O=S(=O)(Nc1ncccn1)N1CCCCC1. The first-order valence-corrected chi connectivity index (χ1v) is 6.67. The van der Waals surface area contributed by atoms with Crippen LogP contribution in [0.1, 0.15) is 19.3 Å². The lowest BCUT2D eigenvalue weighted by Crippen LogP contribution is -2.39. The van der Waals surface area contributed by atoms with E-state index in [9.17, 15) is 8.42 Å². The number of aromatic nitrogens is 2. The van der Waals surface area contributed by atoms with Gasteiger partial charge in [-0.3, -0.25) is 0 Å². The molecule has 2 heterocycles. The minimum Gasteiger partial charge on any atom is -0.238 e. The van der Waals surface area contributed by atoms with Gasteiger partial charge < -0.3 is 0 Å². The third-order valence-corrected chi connectivity index (χ3v) is 3.93. The van der Waals surface area contributed by atoms with E-state index in [1.807, 2.05) is 0 Å². The summed E-state index contributed by atoms with van der Waals surface area (Å²) in [7, 11) is -3.48. The Kier molecular flexibility index (Phi) is 3.35. The fourth-order valence-electron chi connectivity index (χ4n) is 1.64. The van der Waals surface area contributed by atoms with E-state index >= 15 is 0 Å². The Morgan fingerprint density at radius 2 is 1.75 bits per heavy atom. The van der Waals surface area contributed by atoms with Gasteiger partial charge in [-0.25, -0.2) is 14.7 Å². The van der Waals surface area contributed by atoms with Gasteiger partial charge in [-0.1, -0.05) is 6.42 Å². The van der Waals surface area contributed by atoms with Crippen LogP contribution < -0.4 is 4.72 Å². The largest absolute Gasteiger partial charge is 0.303 e.